The van der Waals surface area contributed by atoms with Gasteiger partial charge in [-0.05, 0) is 75.2 Å². The van der Waals surface area contributed by atoms with Crippen LogP contribution in [0, 0.1) is 19.7 Å². The zero-order valence-corrected chi connectivity index (χ0v) is 19.6. The molecule has 2 N–H and O–H groups in total. The SMILES string of the molecule is Cc1cc(F)ccc1-c1nc(NCCN2CCCC2)nc2c1CNC(=O)N2c1ccccc1C. The van der Waals surface area contributed by atoms with Crippen molar-refractivity contribution in [3.63, 3.8) is 0 Å². The van der Waals surface area contributed by atoms with E-state index in [0.717, 1.165) is 47.6 Å². The molecule has 0 spiro atoms. The van der Waals surface area contributed by atoms with Crippen LogP contribution in [0.2, 0.25) is 0 Å². The number of carbonyl (C=O) groups is 1. The highest BCUT2D eigenvalue weighted by atomic mass is 19.1. The molecule has 3 heterocycles. The quantitative estimate of drug-likeness (QED) is 0.555. The summed E-state index contributed by atoms with van der Waals surface area (Å²) < 4.78 is 13.9. The maximum atomic E-state index is 13.9. The Labute approximate surface area is 199 Å². The molecule has 2 amide bonds. The lowest BCUT2D eigenvalue weighted by molar-refractivity contribution is 0.247. The largest absolute Gasteiger partial charge is 0.353 e. The van der Waals surface area contributed by atoms with Crippen molar-refractivity contribution in [2.75, 3.05) is 36.4 Å². The zero-order chi connectivity index (χ0) is 23.7. The Hall–Kier alpha value is -3.52. The number of carbonyl (C=O) groups excluding carboxylic acids is 1. The fourth-order valence-electron chi connectivity index (χ4n) is 4.72. The number of rotatable bonds is 6. The first-order valence-corrected chi connectivity index (χ1v) is 11.8. The molecular weight excluding hydrogens is 431 g/mol. The van der Waals surface area contributed by atoms with Crippen molar-refractivity contribution in [3.8, 4) is 11.3 Å². The van der Waals surface area contributed by atoms with Gasteiger partial charge in [0.25, 0.3) is 0 Å². The van der Waals surface area contributed by atoms with Gasteiger partial charge in [-0.1, -0.05) is 18.2 Å². The molecule has 2 aromatic carbocycles. The van der Waals surface area contributed by atoms with Crippen molar-refractivity contribution in [1.29, 1.82) is 0 Å². The molecule has 2 aliphatic heterocycles. The molecule has 0 unspecified atom stereocenters. The van der Waals surface area contributed by atoms with Gasteiger partial charge in [0.2, 0.25) is 5.95 Å². The van der Waals surface area contributed by atoms with Crippen molar-refractivity contribution in [2.24, 2.45) is 0 Å². The summed E-state index contributed by atoms with van der Waals surface area (Å²) in [6.45, 7) is 8.00. The number of anilines is 3. The minimum atomic E-state index is -0.289. The van der Waals surface area contributed by atoms with Crippen LogP contribution in [0.25, 0.3) is 11.3 Å². The average molecular weight is 461 g/mol. The van der Waals surface area contributed by atoms with Gasteiger partial charge >= 0.3 is 6.03 Å². The molecule has 1 aromatic heterocycles. The number of nitrogens with zero attached hydrogens (tertiary/aromatic N) is 4. The molecule has 0 saturated carbocycles. The molecule has 0 radical (unpaired) electrons. The Balaban J connectivity index is 1.59. The molecule has 176 valence electrons. The van der Waals surface area contributed by atoms with Crippen molar-refractivity contribution in [2.45, 2.75) is 33.2 Å². The molecule has 34 heavy (non-hydrogen) atoms. The second kappa shape index (κ2) is 9.38. The van der Waals surface area contributed by atoms with E-state index in [1.807, 2.05) is 38.1 Å². The van der Waals surface area contributed by atoms with Gasteiger partial charge in [-0.3, -0.25) is 0 Å². The van der Waals surface area contributed by atoms with Crippen LogP contribution in [0.3, 0.4) is 0 Å². The summed E-state index contributed by atoms with van der Waals surface area (Å²) >= 11 is 0. The highest BCUT2D eigenvalue weighted by molar-refractivity contribution is 6.02. The molecular formula is C26H29FN6O. The number of aryl methyl sites for hydroxylation is 2. The minimum absolute atomic E-state index is 0.231. The molecule has 1 saturated heterocycles. The number of benzene rings is 2. The van der Waals surface area contributed by atoms with Crippen LogP contribution in [0.1, 0.15) is 29.5 Å². The van der Waals surface area contributed by atoms with Crippen LogP contribution in [-0.2, 0) is 6.54 Å². The number of hydrogen-bond donors (Lipinski definition) is 2. The molecule has 3 aromatic rings. The van der Waals surface area contributed by atoms with Crippen molar-refractivity contribution in [1.82, 2.24) is 20.2 Å². The number of fused-ring (bicyclic) bond motifs is 1. The predicted octanol–water partition coefficient (Wildman–Crippen LogP) is 4.77. The Morgan fingerprint density at radius 3 is 2.62 bits per heavy atom. The maximum absolute atomic E-state index is 13.9. The Morgan fingerprint density at radius 2 is 1.85 bits per heavy atom. The number of para-hydroxylation sites is 1. The zero-order valence-electron chi connectivity index (χ0n) is 19.6. The van der Waals surface area contributed by atoms with Crippen molar-refractivity contribution >= 4 is 23.5 Å². The third kappa shape index (κ3) is 4.33. The van der Waals surface area contributed by atoms with Crippen molar-refractivity contribution in [3.05, 3.63) is 65.0 Å². The Kier molecular flexibility index (Phi) is 6.15. The fourth-order valence-corrected chi connectivity index (χ4v) is 4.72. The van der Waals surface area contributed by atoms with Crippen LogP contribution in [0.5, 0.6) is 0 Å². The number of likely N-dealkylation sites (tertiary alicyclic amines) is 1. The van der Waals surface area contributed by atoms with Crippen LogP contribution in [0.15, 0.2) is 42.5 Å². The summed E-state index contributed by atoms with van der Waals surface area (Å²) in [5, 5.41) is 6.33. The van der Waals surface area contributed by atoms with Gasteiger partial charge in [0.1, 0.15) is 5.82 Å². The van der Waals surface area contributed by atoms with Gasteiger partial charge in [0, 0.05) is 24.2 Å². The predicted molar refractivity (Wildman–Crippen MR) is 132 cm³/mol. The van der Waals surface area contributed by atoms with Crippen LogP contribution >= 0.6 is 0 Å². The van der Waals surface area contributed by atoms with Crippen LogP contribution in [-0.4, -0.2) is 47.1 Å². The lowest BCUT2D eigenvalue weighted by Gasteiger charge is -2.31. The van der Waals surface area contributed by atoms with E-state index in [-0.39, 0.29) is 11.8 Å². The van der Waals surface area contributed by atoms with Gasteiger partial charge in [0.05, 0.1) is 17.9 Å². The Morgan fingerprint density at radius 1 is 1.06 bits per heavy atom. The first-order valence-electron chi connectivity index (χ1n) is 11.8. The lowest BCUT2D eigenvalue weighted by Crippen LogP contribution is -2.42. The normalized spacial score (nSPS) is 15.9. The molecule has 2 aliphatic rings. The summed E-state index contributed by atoms with van der Waals surface area (Å²) in [5.41, 5.74) is 4.84. The highest BCUT2D eigenvalue weighted by Gasteiger charge is 2.31. The van der Waals surface area contributed by atoms with Gasteiger partial charge in [0.15, 0.2) is 5.82 Å². The smallest absolute Gasteiger partial charge is 0.328 e. The molecule has 0 aliphatic carbocycles. The number of nitrogens with one attached hydrogen (secondary N) is 2. The average Bonchev–Trinajstić information content (AvgIpc) is 3.33. The fraction of sp³-hybridized carbons (Fsp3) is 0.346. The second-order valence-corrected chi connectivity index (χ2v) is 8.91. The minimum Gasteiger partial charge on any atom is -0.353 e. The molecule has 1 fully saturated rings. The van der Waals surface area contributed by atoms with E-state index < -0.39 is 0 Å². The van der Waals surface area contributed by atoms with Gasteiger partial charge in [-0.25, -0.2) is 19.1 Å². The molecule has 0 atom stereocenters. The van der Waals surface area contributed by atoms with Gasteiger partial charge in [-0.2, -0.15) is 4.98 Å². The Bertz CT molecular complexity index is 1220. The molecule has 8 heteroatoms. The maximum Gasteiger partial charge on any atom is 0.328 e. The van der Waals surface area contributed by atoms with Crippen LogP contribution < -0.4 is 15.5 Å². The number of aromatic nitrogens is 2. The van der Waals surface area contributed by atoms with Crippen molar-refractivity contribution < 1.29 is 9.18 Å². The van der Waals surface area contributed by atoms with E-state index in [4.69, 9.17) is 9.97 Å². The number of urea groups is 1. The first kappa shape index (κ1) is 22.3. The number of hydrogen-bond acceptors (Lipinski definition) is 5. The monoisotopic (exact) mass is 460 g/mol. The molecule has 7 nitrogen and oxygen atoms in total. The van der Waals surface area contributed by atoms with E-state index in [9.17, 15) is 9.18 Å². The number of halogens is 1. The summed E-state index contributed by atoms with van der Waals surface area (Å²) in [5.74, 6) is 0.725. The highest BCUT2D eigenvalue weighted by Crippen LogP contribution is 2.38. The topological polar surface area (TPSA) is 73.4 Å². The first-order chi connectivity index (χ1) is 16.5. The van der Waals surface area contributed by atoms with Gasteiger partial charge < -0.3 is 15.5 Å². The summed E-state index contributed by atoms with van der Waals surface area (Å²) in [6.07, 6.45) is 2.48. The third-order valence-corrected chi connectivity index (χ3v) is 6.53. The van der Waals surface area contributed by atoms with E-state index >= 15 is 0 Å². The molecule has 0 bridgehead atoms. The second-order valence-electron chi connectivity index (χ2n) is 8.91. The standard InChI is InChI=1S/C26H29FN6O/c1-17-7-3-4-8-22(17)33-24-21(16-29-26(33)34)23(20-10-9-19(27)15-18(20)2)30-25(31-24)28-11-14-32-12-5-6-13-32/h3-4,7-10,15H,5-6,11-14,16H2,1-2H3,(H,29,34)(H,28,30,31). The summed E-state index contributed by atoms with van der Waals surface area (Å²) in [6, 6.07) is 12.2. The third-order valence-electron chi connectivity index (χ3n) is 6.53. The summed E-state index contributed by atoms with van der Waals surface area (Å²) in [7, 11) is 0. The van der Waals surface area contributed by atoms with E-state index in [1.165, 1.54) is 25.0 Å². The lowest BCUT2D eigenvalue weighted by atomic mass is 10.00. The van der Waals surface area contributed by atoms with E-state index in [0.29, 0.717) is 30.5 Å². The number of amides is 2. The van der Waals surface area contributed by atoms with Crippen LogP contribution in [0.4, 0.5) is 26.6 Å². The van der Waals surface area contributed by atoms with E-state index in [1.54, 1.807) is 11.0 Å². The summed E-state index contributed by atoms with van der Waals surface area (Å²) in [4.78, 5) is 26.7. The molecule has 5 rings (SSSR count). The van der Waals surface area contributed by atoms with Gasteiger partial charge in [-0.15, -0.1) is 0 Å². The van der Waals surface area contributed by atoms with E-state index in [2.05, 4.69) is 15.5 Å².